The Balaban J connectivity index is 1.09. The van der Waals surface area contributed by atoms with Crippen molar-refractivity contribution in [2.24, 2.45) is 11.3 Å². The first-order valence-electron chi connectivity index (χ1n) is 19.9. The molecule has 3 aliphatic heterocycles. The Morgan fingerprint density at radius 1 is 1.09 bits per heavy atom. The highest BCUT2D eigenvalue weighted by Crippen LogP contribution is 2.45. The molecule has 5 rings (SSSR count). The van der Waals surface area contributed by atoms with Crippen molar-refractivity contribution in [1.29, 1.82) is 0 Å². The molecule has 0 radical (unpaired) electrons. The van der Waals surface area contributed by atoms with Gasteiger partial charge in [-0.2, -0.15) is 4.31 Å². The number of sulfonamides is 1. The van der Waals surface area contributed by atoms with Gasteiger partial charge < -0.3 is 29.7 Å². The Morgan fingerprint density at radius 2 is 1.75 bits per heavy atom. The topological polar surface area (TPSA) is 132 Å². The second-order valence-corrected chi connectivity index (χ2v) is 19.0. The van der Waals surface area contributed by atoms with Gasteiger partial charge >= 0.3 is 0 Å². The number of nitrogens with one attached hydrogen (secondary N) is 1. The van der Waals surface area contributed by atoms with Crippen molar-refractivity contribution in [2.45, 2.75) is 77.9 Å². The van der Waals surface area contributed by atoms with Gasteiger partial charge in [0.05, 0.1) is 16.7 Å². The van der Waals surface area contributed by atoms with Crippen LogP contribution in [0, 0.1) is 17.2 Å². The van der Waals surface area contributed by atoms with E-state index in [1.54, 1.807) is 17.2 Å². The maximum absolute atomic E-state index is 14.4. The largest absolute Gasteiger partial charge is 0.451 e. The standard InChI is InChI=1S/C41H60ClFN8O5S/c1-29(2)51(30(3)4)40(53)35-22-33(43)10-11-36(35)56-37-24-44-28-45-39(37)49-26-41(27-49)14-19-48(20-15-41)25-32-12-17-50(18-13-32)57(54,55)31(5)21-34(23-42)46-38(52)9-8-16-47(6)7/h8-11,22,24,28-30,32,34H,5,12-21,23,25-27H2,1-4,6-7H3,(H,46,52)/b9-8-. The molecule has 1 aromatic carbocycles. The predicted molar refractivity (Wildman–Crippen MR) is 223 cm³/mol. The minimum atomic E-state index is -3.73. The number of ether oxygens (including phenoxy) is 1. The lowest BCUT2D eigenvalue weighted by atomic mass is 9.72. The van der Waals surface area contributed by atoms with E-state index in [1.807, 2.05) is 46.7 Å². The van der Waals surface area contributed by atoms with E-state index < -0.39 is 21.9 Å². The van der Waals surface area contributed by atoms with E-state index in [0.29, 0.717) is 37.1 Å². The molecular formula is C41H60ClFN8O5S. The van der Waals surface area contributed by atoms with Crippen molar-refractivity contribution in [3.05, 3.63) is 65.7 Å². The molecule has 13 nitrogen and oxygen atoms in total. The molecule has 0 aliphatic carbocycles. The highest BCUT2D eigenvalue weighted by atomic mass is 35.5. The molecule has 1 N–H and O–H groups in total. The molecule has 0 bridgehead atoms. The van der Waals surface area contributed by atoms with Crippen LogP contribution in [0.4, 0.5) is 10.2 Å². The minimum absolute atomic E-state index is 0.0590. The summed E-state index contributed by atoms with van der Waals surface area (Å²) in [5.74, 6) is 0.658. The molecule has 57 heavy (non-hydrogen) atoms. The average molecular weight is 832 g/mol. The Labute approximate surface area is 343 Å². The van der Waals surface area contributed by atoms with Crippen molar-refractivity contribution in [3.63, 3.8) is 0 Å². The van der Waals surface area contributed by atoms with Crippen LogP contribution in [0.1, 0.15) is 70.2 Å². The smallest absolute Gasteiger partial charge is 0.258 e. The molecule has 1 atom stereocenters. The van der Waals surface area contributed by atoms with Crippen LogP contribution < -0.4 is 15.0 Å². The van der Waals surface area contributed by atoms with E-state index in [0.717, 1.165) is 58.4 Å². The van der Waals surface area contributed by atoms with Gasteiger partial charge in [0.2, 0.25) is 15.9 Å². The Bertz CT molecular complexity index is 1850. The zero-order valence-corrected chi connectivity index (χ0v) is 35.9. The highest BCUT2D eigenvalue weighted by Gasteiger charge is 2.46. The van der Waals surface area contributed by atoms with Crippen molar-refractivity contribution >= 4 is 39.3 Å². The number of piperidine rings is 2. The summed E-state index contributed by atoms with van der Waals surface area (Å²) in [5.41, 5.74) is 0.311. The van der Waals surface area contributed by atoms with Gasteiger partial charge in [0.1, 0.15) is 17.9 Å². The van der Waals surface area contributed by atoms with Crippen molar-refractivity contribution in [2.75, 3.05) is 77.2 Å². The van der Waals surface area contributed by atoms with Crippen LogP contribution in [-0.2, 0) is 14.8 Å². The van der Waals surface area contributed by atoms with Crippen LogP contribution in [0.15, 0.2) is 54.4 Å². The maximum atomic E-state index is 14.4. The van der Waals surface area contributed by atoms with E-state index in [2.05, 4.69) is 31.7 Å². The van der Waals surface area contributed by atoms with E-state index in [4.69, 9.17) is 16.3 Å². The Hall–Kier alpha value is -3.63. The predicted octanol–water partition coefficient (Wildman–Crippen LogP) is 5.36. The molecule has 3 aliphatic rings. The molecule has 3 saturated heterocycles. The van der Waals surface area contributed by atoms with E-state index >= 15 is 0 Å². The lowest BCUT2D eigenvalue weighted by Gasteiger charge is -2.54. The second-order valence-electron chi connectivity index (χ2n) is 16.6. The number of carbonyl (C=O) groups is 2. The van der Waals surface area contributed by atoms with Gasteiger partial charge in [0.15, 0.2) is 11.6 Å². The maximum Gasteiger partial charge on any atom is 0.258 e. The fourth-order valence-corrected chi connectivity index (χ4v) is 9.82. The quantitative estimate of drug-likeness (QED) is 0.164. The Morgan fingerprint density at radius 3 is 2.37 bits per heavy atom. The summed E-state index contributed by atoms with van der Waals surface area (Å²) in [6.45, 7) is 17.6. The van der Waals surface area contributed by atoms with Crippen molar-refractivity contribution < 1.29 is 27.1 Å². The lowest BCUT2D eigenvalue weighted by Crippen LogP contribution is -2.61. The summed E-state index contributed by atoms with van der Waals surface area (Å²) in [6, 6.07) is 3.29. The zero-order valence-electron chi connectivity index (χ0n) is 34.3. The van der Waals surface area contributed by atoms with Crippen LogP contribution in [0.2, 0.25) is 0 Å². The van der Waals surface area contributed by atoms with Gasteiger partial charge in [0, 0.05) is 81.2 Å². The number of likely N-dealkylation sites (tertiary alicyclic amines) is 1. The van der Waals surface area contributed by atoms with Crippen LogP contribution in [0.25, 0.3) is 0 Å². The van der Waals surface area contributed by atoms with Crippen LogP contribution >= 0.6 is 11.6 Å². The van der Waals surface area contributed by atoms with E-state index in [-0.39, 0.29) is 57.8 Å². The second kappa shape index (κ2) is 19.4. The van der Waals surface area contributed by atoms with Crippen molar-refractivity contribution in [3.8, 4) is 11.5 Å². The fraction of sp³-hybridized carbons (Fsp3) is 0.610. The SMILES string of the molecule is C=C(CC(CCl)NC(=O)/C=C\CN(C)C)S(=O)(=O)N1CCC(CN2CCC3(CC2)CN(c2ncncc2Oc2ccc(F)cc2C(=O)N(C(C)C)C(C)C)C3)CC1. The average Bonchev–Trinajstić information content (AvgIpc) is 3.14. The van der Waals surface area contributed by atoms with E-state index in [9.17, 15) is 22.4 Å². The van der Waals surface area contributed by atoms with Gasteiger partial charge in [0.25, 0.3) is 5.91 Å². The summed E-state index contributed by atoms with van der Waals surface area (Å²) < 4.78 is 49.1. The van der Waals surface area contributed by atoms with Crippen LogP contribution in [0.3, 0.4) is 0 Å². The minimum Gasteiger partial charge on any atom is -0.451 e. The number of anilines is 1. The number of benzene rings is 1. The van der Waals surface area contributed by atoms with Crippen molar-refractivity contribution in [1.82, 2.24) is 34.3 Å². The van der Waals surface area contributed by atoms with Gasteiger partial charge in [-0.1, -0.05) is 12.7 Å². The molecule has 3 fully saturated rings. The number of hydrogen-bond donors (Lipinski definition) is 1. The number of likely N-dealkylation sites (N-methyl/N-ethyl adjacent to an activating group) is 1. The first-order valence-corrected chi connectivity index (χ1v) is 21.9. The summed E-state index contributed by atoms with van der Waals surface area (Å²) >= 11 is 6.09. The fourth-order valence-electron chi connectivity index (χ4n) is 8.16. The third-order valence-corrected chi connectivity index (χ3v) is 13.5. The molecule has 1 unspecified atom stereocenters. The van der Waals surface area contributed by atoms with Gasteiger partial charge in [-0.05, 0) is 105 Å². The summed E-state index contributed by atoms with van der Waals surface area (Å²) in [4.78, 5) is 43.1. The zero-order chi connectivity index (χ0) is 41.5. The number of amides is 2. The molecule has 1 spiro atoms. The third kappa shape index (κ3) is 11.3. The Kier molecular flexibility index (Phi) is 15.1. The highest BCUT2D eigenvalue weighted by molar-refractivity contribution is 7.93. The number of alkyl halides is 1. The lowest BCUT2D eigenvalue weighted by molar-refractivity contribution is -0.117. The molecule has 16 heteroatoms. The summed E-state index contributed by atoms with van der Waals surface area (Å²) in [7, 11) is 0.0723. The van der Waals surface area contributed by atoms with Gasteiger partial charge in [-0.25, -0.2) is 22.8 Å². The van der Waals surface area contributed by atoms with Crippen LogP contribution in [0.5, 0.6) is 11.5 Å². The third-order valence-electron chi connectivity index (χ3n) is 11.2. The number of rotatable bonds is 17. The molecule has 314 valence electrons. The van der Waals surface area contributed by atoms with E-state index in [1.165, 1.54) is 34.9 Å². The number of hydrogen-bond acceptors (Lipinski definition) is 10. The molecule has 2 aromatic rings. The number of aromatic nitrogens is 2. The molecule has 1 aromatic heterocycles. The summed E-state index contributed by atoms with van der Waals surface area (Å²) in [6.07, 6.45) is 9.94. The normalized spacial score (nSPS) is 18.7. The number of nitrogens with zero attached hydrogens (tertiary/aromatic N) is 7. The van der Waals surface area contributed by atoms with Gasteiger partial charge in [-0.15, -0.1) is 11.6 Å². The molecule has 4 heterocycles. The first-order chi connectivity index (χ1) is 27.0. The van der Waals surface area contributed by atoms with Crippen LogP contribution in [-0.4, -0.2) is 140 Å². The molecule has 0 saturated carbocycles. The molecular weight excluding hydrogens is 771 g/mol. The molecule has 2 amide bonds. The van der Waals surface area contributed by atoms with Gasteiger partial charge in [-0.3, -0.25) is 9.59 Å². The number of carbonyl (C=O) groups excluding carboxylic acids is 2. The summed E-state index contributed by atoms with van der Waals surface area (Å²) in [5, 5.41) is 2.79. The number of halogens is 2. The monoisotopic (exact) mass is 830 g/mol. The first kappa shape index (κ1) is 44.5.